The molecule has 0 unspecified atom stereocenters. The normalized spacial score (nSPS) is 14.9. The van der Waals surface area contributed by atoms with Gasteiger partial charge in [-0.15, -0.1) is 0 Å². The molecule has 0 fully saturated rings. The number of hydrogen-bond acceptors (Lipinski definition) is 2. The summed E-state index contributed by atoms with van der Waals surface area (Å²) in [6.45, 7) is 4.36. The average Bonchev–Trinajstić information content (AvgIpc) is 2.25. The molecule has 0 spiro atoms. The van der Waals surface area contributed by atoms with E-state index in [0.29, 0.717) is 6.61 Å². The minimum atomic E-state index is -0.387. The molecule has 0 radical (unpaired) electrons. The van der Waals surface area contributed by atoms with Crippen LogP contribution in [-0.2, 0) is 11.2 Å². The van der Waals surface area contributed by atoms with Crippen LogP contribution in [0.25, 0.3) is 0 Å². The number of ether oxygens (including phenoxy) is 1. The van der Waals surface area contributed by atoms with E-state index in [1.165, 1.54) is 5.56 Å². The Bertz CT molecular complexity index is 256. The molecule has 2 heteroatoms. The molecule has 0 saturated carbocycles. The molecule has 15 heavy (non-hydrogen) atoms. The van der Waals surface area contributed by atoms with Gasteiger partial charge in [0.05, 0.1) is 12.2 Å². The van der Waals surface area contributed by atoms with Gasteiger partial charge in [-0.05, 0) is 32.3 Å². The van der Waals surface area contributed by atoms with Gasteiger partial charge in [0.1, 0.15) is 0 Å². The van der Waals surface area contributed by atoms with Gasteiger partial charge in [0.25, 0.3) is 0 Å². The van der Waals surface area contributed by atoms with Crippen LogP contribution >= 0.6 is 0 Å². The van der Waals surface area contributed by atoms with E-state index < -0.39 is 0 Å². The van der Waals surface area contributed by atoms with Gasteiger partial charge in [-0.2, -0.15) is 0 Å². The van der Waals surface area contributed by atoms with Crippen molar-refractivity contribution >= 4 is 0 Å². The molecule has 0 amide bonds. The van der Waals surface area contributed by atoms with Crippen molar-refractivity contribution in [2.75, 3.05) is 6.61 Å². The fourth-order valence-electron chi connectivity index (χ4n) is 1.33. The Morgan fingerprint density at radius 2 is 1.87 bits per heavy atom. The van der Waals surface area contributed by atoms with E-state index in [1.807, 2.05) is 13.0 Å². The fourth-order valence-corrected chi connectivity index (χ4v) is 1.33. The number of aryl methyl sites for hydroxylation is 1. The monoisotopic (exact) mass is 208 g/mol. The van der Waals surface area contributed by atoms with Crippen LogP contribution in [0.5, 0.6) is 0 Å². The maximum atomic E-state index is 9.21. The first-order valence-electron chi connectivity index (χ1n) is 5.53. The lowest BCUT2D eigenvalue weighted by molar-refractivity contribution is -0.0187. The Hall–Kier alpha value is -0.860. The molecule has 0 saturated heterocycles. The lowest BCUT2D eigenvalue weighted by Gasteiger charge is -2.15. The van der Waals surface area contributed by atoms with Crippen molar-refractivity contribution in [2.45, 2.75) is 38.9 Å². The summed E-state index contributed by atoms with van der Waals surface area (Å²) in [4.78, 5) is 0. The highest BCUT2D eigenvalue weighted by Gasteiger charge is 2.07. The van der Waals surface area contributed by atoms with Crippen molar-refractivity contribution < 1.29 is 9.84 Å². The highest BCUT2D eigenvalue weighted by molar-refractivity contribution is 5.14. The summed E-state index contributed by atoms with van der Waals surface area (Å²) in [6, 6.07) is 10.4. The van der Waals surface area contributed by atoms with Gasteiger partial charge in [-0.1, -0.05) is 30.3 Å². The molecule has 0 heterocycles. The molecule has 0 aliphatic rings. The molecule has 1 aromatic carbocycles. The Labute approximate surface area is 91.9 Å². The van der Waals surface area contributed by atoms with Gasteiger partial charge in [-0.3, -0.25) is 0 Å². The third-order valence-electron chi connectivity index (χ3n) is 2.51. The predicted octanol–water partition coefficient (Wildman–Crippen LogP) is 2.41. The lowest BCUT2D eigenvalue weighted by atomic mass is 10.1. The van der Waals surface area contributed by atoms with Crippen LogP contribution in [-0.4, -0.2) is 23.9 Å². The Morgan fingerprint density at radius 1 is 1.20 bits per heavy atom. The largest absolute Gasteiger partial charge is 0.391 e. The van der Waals surface area contributed by atoms with E-state index in [-0.39, 0.29) is 12.2 Å². The first-order chi connectivity index (χ1) is 7.20. The van der Waals surface area contributed by atoms with Gasteiger partial charge in [0, 0.05) is 6.61 Å². The van der Waals surface area contributed by atoms with Crippen molar-refractivity contribution in [2.24, 2.45) is 0 Å². The molecule has 1 N–H and O–H groups in total. The van der Waals surface area contributed by atoms with Crippen LogP contribution < -0.4 is 0 Å². The number of aliphatic hydroxyl groups is 1. The molecule has 2 nitrogen and oxygen atoms in total. The SMILES string of the molecule is C[C@H](O)[C@@H](C)OCCCc1ccccc1. The van der Waals surface area contributed by atoms with Crippen molar-refractivity contribution in [3.05, 3.63) is 35.9 Å². The molecule has 1 aromatic rings. The maximum Gasteiger partial charge on any atom is 0.0803 e. The van der Waals surface area contributed by atoms with Gasteiger partial charge in [-0.25, -0.2) is 0 Å². The smallest absolute Gasteiger partial charge is 0.0803 e. The Balaban J connectivity index is 2.12. The third-order valence-corrected chi connectivity index (χ3v) is 2.51. The second-order valence-corrected chi connectivity index (χ2v) is 3.91. The van der Waals surface area contributed by atoms with E-state index in [4.69, 9.17) is 4.74 Å². The van der Waals surface area contributed by atoms with Crippen LogP contribution in [0.1, 0.15) is 25.8 Å². The summed E-state index contributed by atoms with van der Waals surface area (Å²) in [6.07, 6.45) is 1.58. The van der Waals surface area contributed by atoms with E-state index in [1.54, 1.807) is 6.92 Å². The summed E-state index contributed by atoms with van der Waals surface area (Å²) in [5.74, 6) is 0. The summed E-state index contributed by atoms with van der Waals surface area (Å²) in [5.41, 5.74) is 1.34. The fraction of sp³-hybridized carbons (Fsp3) is 0.538. The summed E-state index contributed by atoms with van der Waals surface area (Å²) < 4.78 is 5.48. The van der Waals surface area contributed by atoms with Crippen molar-refractivity contribution in [1.29, 1.82) is 0 Å². The molecule has 2 atom stereocenters. The topological polar surface area (TPSA) is 29.5 Å². The zero-order valence-corrected chi connectivity index (χ0v) is 9.52. The number of benzene rings is 1. The van der Waals surface area contributed by atoms with Crippen LogP contribution in [0.3, 0.4) is 0 Å². The van der Waals surface area contributed by atoms with Crippen molar-refractivity contribution in [1.82, 2.24) is 0 Å². The van der Waals surface area contributed by atoms with E-state index in [2.05, 4.69) is 24.3 Å². The molecule has 0 aromatic heterocycles. The molecule has 0 bridgehead atoms. The average molecular weight is 208 g/mol. The summed E-state index contributed by atoms with van der Waals surface area (Å²) in [7, 11) is 0. The first kappa shape index (κ1) is 12.2. The van der Waals surface area contributed by atoms with E-state index in [0.717, 1.165) is 12.8 Å². The lowest BCUT2D eigenvalue weighted by Crippen LogP contribution is -2.23. The van der Waals surface area contributed by atoms with Gasteiger partial charge < -0.3 is 9.84 Å². The highest BCUT2D eigenvalue weighted by Crippen LogP contribution is 2.04. The number of rotatable bonds is 6. The highest BCUT2D eigenvalue weighted by atomic mass is 16.5. The number of aliphatic hydroxyl groups excluding tert-OH is 1. The first-order valence-corrected chi connectivity index (χ1v) is 5.53. The van der Waals surface area contributed by atoms with Crippen LogP contribution in [0.15, 0.2) is 30.3 Å². The zero-order chi connectivity index (χ0) is 11.1. The van der Waals surface area contributed by atoms with E-state index >= 15 is 0 Å². The third kappa shape index (κ3) is 4.96. The minimum Gasteiger partial charge on any atom is -0.391 e. The zero-order valence-electron chi connectivity index (χ0n) is 9.52. The van der Waals surface area contributed by atoms with Gasteiger partial charge >= 0.3 is 0 Å². The van der Waals surface area contributed by atoms with Crippen LogP contribution in [0.4, 0.5) is 0 Å². The van der Waals surface area contributed by atoms with Crippen molar-refractivity contribution in [3.8, 4) is 0 Å². The van der Waals surface area contributed by atoms with Crippen LogP contribution in [0.2, 0.25) is 0 Å². The minimum absolute atomic E-state index is 0.0687. The molecule has 0 aliphatic heterocycles. The summed E-state index contributed by atoms with van der Waals surface area (Å²) >= 11 is 0. The predicted molar refractivity (Wildman–Crippen MR) is 61.9 cm³/mol. The molecule has 84 valence electrons. The van der Waals surface area contributed by atoms with E-state index in [9.17, 15) is 5.11 Å². The van der Waals surface area contributed by atoms with Gasteiger partial charge in [0.15, 0.2) is 0 Å². The number of hydrogen-bond donors (Lipinski definition) is 1. The maximum absolute atomic E-state index is 9.21. The standard InChI is InChI=1S/C13H20O2/c1-11(14)12(2)15-10-6-9-13-7-4-3-5-8-13/h3-5,7-8,11-12,14H,6,9-10H2,1-2H3/t11-,12+/m0/s1. The molecular weight excluding hydrogens is 188 g/mol. The van der Waals surface area contributed by atoms with Crippen molar-refractivity contribution in [3.63, 3.8) is 0 Å². The second-order valence-electron chi connectivity index (χ2n) is 3.91. The Morgan fingerprint density at radius 3 is 2.47 bits per heavy atom. The molecule has 0 aliphatic carbocycles. The van der Waals surface area contributed by atoms with Gasteiger partial charge in [0.2, 0.25) is 0 Å². The Kier molecular flexibility index (Phi) is 5.37. The second kappa shape index (κ2) is 6.59. The summed E-state index contributed by atoms with van der Waals surface area (Å²) in [5, 5.41) is 9.21. The quantitative estimate of drug-likeness (QED) is 0.727. The molecular formula is C13H20O2. The molecule has 1 rings (SSSR count). The van der Waals surface area contributed by atoms with Crippen LogP contribution in [0, 0.1) is 0 Å².